The van der Waals surface area contributed by atoms with Gasteiger partial charge in [0.15, 0.2) is 15.5 Å². The van der Waals surface area contributed by atoms with Crippen molar-refractivity contribution in [1.29, 1.82) is 0 Å². The summed E-state index contributed by atoms with van der Waals surface area (Å²) in [7, 11) is -3.40. The smallest absolute Gasteiger partial charge is 0.379 e. The summed E-state index contributed by atoms with van der Waals surface area (Å²) in [6.07, 6.45) is -3.13. The molecule has 1 atom stereocenters. The molecule has 6 nitrogen and oxygen atoms in total. The molecule has 0 spiro atoms. The number of ether oxygens (including phenoxy) is 1. The first kappa shape index (κ1) is 25.1. The average molecular weight is 545 g/mol. The van der Waals surface area contributed by atoms with E-state index in [9.17, 15) is 26.4 Å². The Morgan fingerprint density at radius 2 is 1.76 bits per heavy atom. The predicted octanol–water partition coefficient (Wildman–Crippen LogP) is 5.18. The number of sulfone groups is 1. The zero-order valence-corrected chi connectivity index (χ0v) is 20.0. The summed E-state index contributed by atoms with van der Waals surface area (Å²) in [5.41, 5.74) is 0.622. The van der Waals surface area contributed by atoms with Crippen molar-refractivity contribution in [3.63, 3.8) is 0 Å². The minimum absolute atomic E-state index is 0.0792. The summed E-state index contributed by atoms with van der Waals surface area (Å²) in [4.78, 5) is 11.8. The Bertz CT molecular complexity index is 1260. The highest BCUT2D eigenvalue weighted by Gasteiger charge is 2.39. The maximum absolute atomic E-state index is 13.5. The second-order valence-corrected chi connectivity index (χ2v) is 10.0. The van der Waals surface area contributed by atoms with Crippen LogP contribution in [0.4, 0.5) is 13.2 Å². The molecule has 0 aliphatic heterocycles. The molecule has 176 valence electrons. The molecule has 1 aromatic heterocycles. The van der Waals surface area contributed by atoms with Crippen LogP contribution in [0.5, 0.6) is 0 Å². The number of alkyl halides is 3. The Kier molecular flexibility index (Phi) is 7.45. The molecule has 0 bridgehead atoms. The van der Waals surface area contributed by atoms with E-state index in [-0.39, 0.29) is 28.3 Å². The summed E-state index contributed by atoms with van der Waals surface area (Å²) >= 11 is 3.01. The van der Waals surface area contributed by atoms with Gasteiger partial charge >= 0.3 is 6.18 Å². The molecule has 0 aliphatic carbocycles. The number of carbonyl (C=O) groups excluding carboxylic acids is 1. The van der Waals surface area contributed by atoms with Crippen molar-refractivity contribution >= 4 is 32.1 Å². The number of rotatable bonds is 8. The summed E-state index contributed by atoms with van der Waals surface area (Å²) in [6.45, 7) is 1.87. The lowest BCUT2D eigenvalue weighted by molar-refractivity contribution is -0.142. The van der Waals surface area contributed by atoms with Gasteiger partial charge in [0.2, 0.25) is 0 Å². The molecule has 0 amide bonds. The van der Waals surface area contributed by atoms with Gasteiger partial charge in [-0.3, -0.25) is 4.68 Å². The average Bonchev–Trinajstić information content (AvgIpc) is 3.11. The number of halogens is 4. The van der Waals surface area contributed by atoms with E-state index in [0.717, 1.165) is 10.9 Å². The second kappa shape index (κ2) is 9.78. The summed E-state index contributed by atoms with van der Waals surface area (Å²) in [5, 5.41) is 3.67. The van der Waals surface area contributed by atoms with Crippen LogP contribution in [0.25, 0.3) is 22.4 Å². The quantitative estimate of drug-likeness (QED) is 0.365. The van der Waals surface area contributed by atoms with Crippen molar-refractivity contribution in [3.05, 3.63) is 58.7 Å². The number of hydrogen-bond acceptors (Lipinski definition) is 5. The SMILES string of the molecule is CCOCC(C=O)n1nc(C(F)(F)F)c(Br)c1-c1ccc(-c2cccc(S(C)(=O)=O)c2)cc1. The third-order valence-corrected chi connectivity index (χ3v) is 6.70. The molecule has 0 fully saturated rings. The van der Waals surface area contributed by atoms with Gasteiger partial charge < -0.3 is 9.53 Å². The van der Waals surface area contributed by atoms with E-state index in [1.165, 1.54) is 12.1 Å². The molecule has 1 heterocycles. The Labute approximate surface area is 197 Å². The van der Waals surface area contributed by atoms with Crippen LogP contribution < -0.4 is 0 Å². The molecule has 0 N–H and O–H groups in total. The van der Waals surface area contributed by atoms with E-state index in [1.54, 1.807) is 43.3 Å². The molecule has 11 heteroatoms. The van der Waals surface area contributed by atoms with Crippen LogP contribution in [0.15, 0.2) is 57.9 Å². The highest BCUT2D eigenvalue weighted by molar-refractivity contribution is 9.10. The summed E-state index contributed by atoms with van der Waals surface area (Å²) < 4.78 is 70.2. The van der Waals surface area contributed by atoms with Crippen LogP contribution in [-0.4, -0.2) is 44.0 Å². The lowest BCUT2D eigenvalue weighted by atomic mass is 10.0. The number of carbonyl (C=O) groups is 1. The van der Waals surface area contributed by atoms with Crippen LogP contribution in [0.3, 0.4) is 0 Å². The van der Waals surface area contributed by atoms with Gasteiger partial charge in [-0.1, -0.05) is 36.4 Å². The Hall–Kier alpha value is -2.50. The highest BCUT2D eigenvalue weighted by atomic mass is 79.9. The third-order valence-electron chi connectivity index (χ3n) is 4.84. The van der Waals surface area contributed by atoms with Gasteiger partial charge in [-0.15, -0.1) is 0 Å². The van der Waals surface area contributed by atoms with E-state index >= 15 is 0 Å². The van der Waals surface area contributed by atoms with Crippen molar-refractivity contribution in [2.75, 3.05) is 19.5 Å². The minimum Gasteiger partial charge on any atom is -0.379 e. The van der Waals surface area contributed by atoms with Crippen LogP contribution in [0, 0.1) is 0 Å². The molecular weight excluding hydrogens is 525 g/mol. The van der Waals surface area contributed by atoms with Gasteiger partial charge in [-0.25, -0.2) is 8.42 Å². The van der Waals surface area contributed by atoms with E-state index in [2.05, 4.69) is 21.0 Å². The van der Waals surface area contributed by atoms with Crippen molar-refractivity contribution in [2.45, 2.75) is 24.0 Å². The standard InChI is InChI=1S/C22H20BrF3N2O4S/c1-3-32-13-17(12-29)28-20(19(23)21(27-28)22(24,25)26)15-9-7-14(8-10-15)16-5-4-6-18(11-16)33(2,30)31/h4-12,17H,3,13H2,1-2H3. The third kappa shape index (κ3) is 5.53. The predicted molar refractivity (Wildman–Crippen MR) is 121 cm³/mol. The first-order chi connectivity index (χ1) is 15.5. The fourth-order valence-electron chi connectivity index (χ4n) is 3.23. The van der Waals surface area contributed by atoms with Gasteiger partial charge in [-0.2, -0.15) is 18.3 Å². The molecule has 3 aromatic rings. The van der Waals surface area contributed by atoms with Crippen LogP contribution in [0.2, 0.25) is 0 Å². The normalized spacial score (nSPS) is 13.2. The first-order valence-corrected chi connectivity index (χ1v) is 12.4. The Morgan fingerprint density at radius 3 is 2.30 bits per heavy atom. The van der Waals surface area contributed by atoms with Crippen LogP contribution in [-0.2, 0) is 25.5 Å². The number of hydrogen-bond donors (Lipinski definition) is 0. The van der Waals surface area contributed by atoms with E-state index in [0.29, 0.717) is 23.0 Å². The van der Waals surface area contributed by atoms with Crippen LogP contribution in [0.1, 0.15) is 18.7 Å². The zero-order valence-electron chi connectivity index (χ0n) is 17.6. The van der Waals surface area contributed by atoms with Crippen LogP contribution >= 0.6 is 15.9 Å². The van der Waals surface area contributed by atoms with Gasteiger partial charge in [0.05, 0.1) is 21.7 Å². The molecule has 0 aliphatic rings. The maximum atomic E-state index is 13.5. The van der Waals surface area contributed by atoms with E-state index in [4.69, 9.17) is 4.74 Å². The lowest BCUT2D eigenvalue weighted by Gasteiger charge is -2.15. The molecule has 2 aromatic carbocycles. The van der Waals surface area contributed by atoms with E-state index < -0.39 is 27.7 Å². The molecule has 0 saturated heterocycles. The highest BCUT2D eigenvalue weighted by Crippen LogP contribution is 2.41. The monoisotopic (exact) mass is 544 g/mol. The first-order valence-electron chi connectivity index (χ1n) is 9.76. The fourth-order valence-corrected chi connectivity index (χ4v) is 4.61. The minimum atomic E-state index is -4.73. The number of aromatic nitrogens is 2. The largest absolute Gasteiger partial charge is 0.436 e. The summed E-state index contributed by atoms with van der Waals surface area (Å²) in [5.74, 6) is 0. The molecule has 1 unspecified atom stereocenters. The van der Waals surface area contributed by atoms with Gasteiger partial charge in [0.25, 0.3) is 0 Å². The van der Waals surface area contributed by atoms with Gasteiger partial charge in [0.1, 0.15) is 12.3 Å². The fraction of sp³-hybridized carbons (Fsp3) is 0.273. The Morgan fingerprint density at radius 1 is 1.12 bits per heavy atom. The van der Waals surface area contributed by atoms with Gasteiger partial charge in [-0.05, 0) is 46.1 Å². The molecule has 0 saturated carbocycles. The topological polar surface area (TPSA) is 78.3 Å². The number of benzene rings is 2. The van der Waals surface area contributed by atoms with E-state index in [1.807, 2.05) is 0 Å². The Balaban J connectivity index is 2.09. The second-order valence-electron chi connectivity index (χ2n) is 7.19. The van der Waals surface area contributed by atoms with Crippen molar-refractivity contribution in [1.82, 2.24) is 9.78 Å². The molecular formula is C22H20BrF3N2O4S. The van der Waals surface area contributed by atoms with Gasteiger partial charge in [0, 0.05) is 18.4 Å². The summed E-state index contributed by atoms with van der Waals surface area (Å²) in [6, 6.07) is 11.8. The number of nitrogens with zero attached hydrogens (tertiary/aromatic N) is 2. The molecule has 0 radical (unpaired) electrons. The van der Waals surface area contributed by atoms with Crippen molar-refractivity contribution in [2.24, 2.45) is 0 Å². The molecule has 33 heavy (non-hydrogen) atoms. The van der Waals surface area contributed by atoms with Crippen molar-refractivity contribution in [3.8, 4) is 22.4 Å². The molecule has 3 rings (SSSR count). The lowest BCUT2D eigenvalue weighted by Crippen LogP contribution is -2.20. The zero-order chi connectivity index (χ0) is 24.4. The number of aldehydes is 1. The maximum Gasteiger partial charge on any atom is 0.436 e. The van der Waals surface area contributed by atoms with Crippen molar-refractivity contribution < 1.29 is 31.1 Å².